The molecular formula is C23H27NO5. The number of hydrogen-bond acceptors (Lipinski definition) is 5. The van der Waals surface area contributed by atoms with Crippen LogP contribution in [0.3, 0.4) is 0 Å². The summed E-state index contributed by atoms with van der Waals surface area (Å²) in [6, 6.07) is 10.8. The Bertz CT molecular complexity index is 900. The predicted molar refractivity (Wildman–Crippen MR) is 109 cm³/mol. The second kappa shape index (κ2) is 9.06. The minimum absolute atomic E-state index is 0.146. The lowest BCUT2D eigenvalue weighted by Gasteiger charge is -2.32. The van der Waals surface area contributed by atoms with Crippen molar-refractivity contribution in [1.29, 1.82) is 0 Å². The second-order valence-corrected chi connectivity index (χ2v) is 7.72. The molecule has 1 aliphatic heterocycles. The highest BCUT2D eigenvalue weighted by Gasteiger charge is 2.26. The number of amides is 1. The van der Waals surface area contributed by atoms with Crippen molar-refractivity contribution in [2.24, 2.45) is 5.92 Å². The van der Waals surface area contributed by atoms with E-state index in [1.807, 2.05) is 24.3 Å². The Morgan fingerprint density at radius 3 is 2.86 bits per heavy atom. The van der Waals surface area contributed by atoms with Crippen molar-refractivity contribution in [3.05, 3.63) is 47.9 Å². The van der Waals surface area contributed by atoms with Crippen molar-refractivity contribution >= 4 is 5.91 Å². The number of likely N-dealkylation sites (tertiary alicyclic amines) is 1. The fraction of sp³-hybridized carbons (Fsp3) is 0.435. The molecule has 1 fully saturated rings. The van der Waals surface area contributed by atoms with E-state index in [1.54, 1.807) is 38.0 Å². The van der Waals surface area contributed by atoms with Gasteiger partial charge >= 0.3 is 0 Å². The van der Waals surface area contributed by atoms with Crippen LogP contribution in [0.25, 0.3) is 0 Å². The SMILES string of the molecule is COc1cccc(OCC2CCCN(C(=O)c3ccc(C#CC(C)(C)O)o3)C2)c1. The Labute approximate surface area is 171 Å². The van der Waals surface area contributed by atoms with Crippen LogP contribution in [0, 0.1) is 17.8 Å². The van der Waals surface area contributed by atoms with E-state index >= 15 is 0 Å². The third-order valence-electron chi connectivity index (χ3n) is 4.64. The van der Waals surface area contributed by atoms with Crippen LogP contribution >= 0.6 is 0 Å². The van der Waals surface area contributed by atoms with Crippen LogP contribution in [-0.2, 0) is 0 Å². The number of carbonyl (C=O) groups excluding carboxylic acids is 1. The standard InChI is InChI=1S/C23H27NO5/c1-23(2,26)12-11-18-9-10-21(29-18)22(25)24-13-5-6-17(15-24)16-28-20-8-4-7-19(14-20)27-3/h4,7-10,14,17,26H,5-6,13,15-16H2,1-3H3. The first-order chi connectivity index (χ1) is 13.8. The van der Waals surface area contributed by atoms with Gasteiger partial charge in [-0.05, 0) is 56.9 Å². The average Bonchev–Trinajstić information content (AvgIpc) is 3.19. The molecule has 29 heavy (non-hydrogen) atoms. The number of furan rings is 1. The molecule has 6 heteroatoms. The smallest absolute Gasteiger partial charge is 0.289 e. The summed E-state index contributed by atoms with van der Waals surface area (Å²) < 4.78 is 16.7. The van der Waals surface area contributed by atoms with Gasteiger partial charge in [-0.25, -0.2) is 0 Å². The Morgan fingerprint density at radius 2 is 2.10 bits per heavy atom. The van der Waals surface area contributed by atoms with Crippen molar-refractivity contribution in [2.45, 2.75) is 32.3 Å². The first kappa shape index (κ1) is 20.8. The molecule has 2 heterocycles. The maximum Gasteiger partial charge on any atom is 0.289 e. The molecule has 0 spiro atoms. The maximum absolute atomic E-state index is 12.8. The zero-order valence-corrected chi connectivity index (χ0v) is 17.1. The molecule has 0 bridgehead atoms. The molecule has 1 atom stereocenters. The third-order valence-corrected chi connectivity index (χ3v) is 4.64. The summed E-state index contributed by atoms with van der Waals surface area (Å²) in [6.07, 6.45) is 1.93. The number of aliphatic hydroxyl groups is 1. The second-order valence-electron chi connectivity index (χ2n) is 7.72. The molecule has 3 rings (SSSR count). The van der Waals surface area contributed by atoms with E-state index in [2.05, 4.69) is 11.8 Å². The van der Waals surface area contributed by atoms with Crippen molar-refractivity contribution < 1.29 is 23.8 Å². The van der Waals surface area contributed by atoms with Gasteiger partial charge in [0.15, 0.2) is 11.5 Å². The largest absolute Gasteiger partial charge is 0.497 e. The molecule has 6 nitrogen and oxygen atoms in total. The molecule has 1 aromatic carbocycles. The van der Waals surface area contributed by atoms with E-state index in [0.717, 1.165) is 24.3 Å². The van der Waals surface area contributed by atoms with Gasteiger partial charge in [-0.1, -0.05) is 12.0 Å². The lowest BCUT2D eigenvalue weighted by Crippen LogP contribution is -2.41. The summed E-state index contributed by atoms with van der Waals surface area (Å²) >= 11 is 0. The Morgan fingerprint density at radius 1 is 1.31 bits per heavy atom. The zero-order valence-electron chi connectivity index (χ0n) is 17.1. The molecule has 1 amide bonds. The molecule has 1 N–H and O–H groups in total. The Kier molecular flexibility index (Phi) is 6.50. The van der Waals surface area contributed by atoms with Gasteiger partial charge in [0.05, 0.1) is 13.7 Å². The first-order valence-electron chi connectivity index (χ1n) is 9.75. The molecule has 1 unspecified atom stereocenters. The molecule has 1 saturated heterocycles. The van der Waals surface area contributed by atoms with Gasteiger partial charge in [0.1, 0.15) is 17.1 Å². The number of hydrogen-bond donors (Lipinski definition) is 1. The summed E-state index contributed by atoms with van der Waals surface area (Å²) in [6.45, 7) is 5.04. The fourth-order valence-electron chi connectivity index (χ4n) is 3.18. The minimum Gasteiger partial charge on any atom is -0.497 e. The number of methoxy groups -OCH3 is 1. The van der Waals surface area contributed by atoms with Crippen LogP contribution in [-0.4, -0.2) is 48.3 Å². The van der Waals surface area contributed by atoms with Gasteiger partial charge in [0.2, 0.25) is 0 Å². The number of ether oxygens (including phenoxy) is 2. The van der Waals surface area contributed by atoms with Crippen LogP contribution < -0.4 is 9.47 Å². The molecule has 0 saturated carbocycles. The Balaban J connectivity index is 1.57. The van der Waals surface area contributed by atoms with Crippen molar-refractivity contribution in [3.63, 3.8) is 0 Å². The van der Waals surface area contributed by atoms with Crippen LogP contribution in [0.15, 0.2) is 40.8 Å². The average molecular weight is 397 g/mol. The summed E-state index contributed by atoms with van der Waals surface area (Å²) in [5.74, 6) is 7.68. The van der Waals surface area contributed by atoms with Gasteiger partial charge in [0.25, 0.3) is 5.91 Å². The monoisotopic (exact) mass is 397 g/mol. The van der Waals surface area contributed by atoms with E-state index in [1.165, 1.54) is 0 Å². The molecule has 0 radical (unpaired) electrons. The number of nitrogens with zero attached hydrogens (tertiary/aromatic N) is 1. The number of carbonyl (C=O) groups is 1. The number of benzene rings is 1. The van der Waals surface area contributed by atoms with Gasteiger partial charge in [-0.15, -0.1) is 0 Å². The van der Waals surface area contributed by atoms with E-state index < -0.39 is 5.60 Å². The summed E-state index contributed by atoms with van der Waals surface area (Å²) in [7, 11) is 1.63. The zero-order chi connectivity index (χ0) is 20.9. The summed E-state index contributed by atoms with van der Waals surface area (Å²) in [5.41, 5.74) is -1.11. The summed E-state index contributed by atoms with van der Waals surface area (Å²) in [4.78, 5) is 14.6. The number of piperidine rings is 1. The minimum atomic E-state index is -1.11. The van der Waals surface area contributed by atoms with Crippen molar-refractivity contribution in [2.75, 3.05) is 26.8 Å². The highest BCUT2D eigenvalue weighted by molar-refractivity contribution is 5.91. The highest BCUT2D eigenvalue weighted by atomic mass is 16.5. The van der Waals surface area contributed by atoms with Crippen molar-refractivity contribution in [3.8, 4) is 23.3 Å². The van der Waals surface area contributed by atoms with Crippen LogP contribution in [0.2, 0.25) is 0 Å². The molecule has 2 aromatic rings. The van der Waals surface area contributed by atoms with Crippen molar-refractivity contribution in [1.82, 2.24) is 4.90 Å². The first-order valence-corrected chi connectivity index (χ1v) is 9.75. The van der Waals surface area contributed by atoms with Gasteiger partial charge in [-0.2, -0.15) is 0 Å². The third kappa shape index (κ3) is 6.03. The van der Waals surface area contributed by atoms with E-state index in [0.29, 0.717) is 25.5 Å². The normalized spacial score (nSPS) is 16.7. The highest BCUT2D eigenvalue weighted by Crippen LogP contribution is 2.23. The van der Waals surface area contributed by atoms with Crippen LogP contribution in [0.1, 0.15) is 43.0 Å². The van der Waals surface area contributed by atoms with Gasteiger partial charge < -0.3 is 23.9 Å². The lowest BCUT2D eigenvalue weighted by atomic mass is 9.99. The maximum atomic E-state index is 12.8. The summed E-state index contributed by atoms with van der Waals surface area (Å²) in [5, 5.41) is 9.68. The van der Waals surface area contributed by atoms with Crippen LogP contribution in [0.5, 0.6) is 11.5 Å². The topological polar surface area (TPSA) is 72.1 Å². The van der Waals surface area contributed by atoms with Gasteiger partial charge in [-0.3, -0.25) is 4.79 Å². The number of rotatable bonds is 5. The molecule has 154 valence electrons. The molecule has 1 aliphatic rings. The van der Waals surface area contributed by atoms with Crippen LogP contribution in [0.4, 0.5) is 0 Å². The molecular weight excluding hydrogens is 370 g/mol. The molecule has 0 aliphatic carbocycles. The van der Waals surface area contributed by atoms with E-state index in [9.17, 15) is 9.90 Å². The van der Waals surface area contributed by atoms with E-state index in [-0.39, 0.29) is 17.6 Å². The van der Waals surface area contributed by atoms with E-state index in [4.69, 9.17) is 13.9 Å². The Hall–Kier alpha value is -2.91. The quantitative estimate of drug-likeness (QED) is 0.784. The van der Waals surface area contributed by atoms with Gasteiger partial charge in [0, 0.05) is 25.1 Å². The molecule has 1 aromatic heterocycles. The predicted octanol–water partition coefficient (Wildman–Crippen LogP) is 3.34. The lowest BCUT2D eigenvalue weighted by molar-refractivity contribution is 0.0602. The fourth-order valence-corrected chi connectivity index (χ4v) is 3.18.